The van der Waals surface area contributed by atoms with E-state index in [1.165, 1.54) is 12.1 Å². The molecule has 4 saturated carbocycles. The number of amides is 1. The van der Waals surface area contributed by atoms with Crippen LogP contribution in [0, 0.1) is 0 Å². The van der Waals surface area contributed by atoms with Crippen LogP contribution < -0.4 is 5.32 Å². The Morgan fingerprint density at radius 2 is 1.89 bits per heavy atom. The SMILES string of the molecule is CC(F)(F)c1ccc(-c2cn(C34CC(NC(=O)COC5CC(OC(F)(F)F)C5)(C3)C4)cn2)c(O)c1. The topological polar surface area (TPSA) is 85.6 Å². The van der Waals surface area contributed by atoms with E-state index in [1.54, 1.807) is 12.5 Å². The van der Waals surface area contributed by atoms with Crippen LogP contribution in [0.1, 0.15) is 44.6 Å². The highest BCUT2D eigenvalue weighted by Gasteiger charge is 2.69. The quantitative estimate of drug-likeness (QED) is 0.530. The summed E-state index contributed by atoms with van der Waals surface area (Å²) in [5, 5.41) is 13.2. The fourth-order valence-corrected chi connectivity index (χ4v) is 5.35. The fourth-order valence-electron chi connectivity index (χ4n) is 5.35. The second-order valence-corrected chi connectivity index (χ2v) is 9.96. The molecule has 12 heteroatoms. The normalized spacial score (nSPS) is 29.7. The number of carbonyl (C=O) groups excluding carboxylic acids is 1. The van der Waals surface area contributed by atoms with Crippen LogP contribution in [0.4, 0.5) is 22.0 Å². The molecule has 0 radical (unpaired) electrons. The summed E-state index contributed by atoms with van der Waals surface area (Å²) in [6.45, 7) is 0.537. The number of aromatic nitrogens is 2. The number of hydrogen-bond donors (Lipinski definition) is 2. The number of rotatable bonds is 8. The molecule has 4 fully saturated rings. The maximum absolute atomic E-state index is 13.5. The number of benzene rings is 1. The van der Waals surface area contributed by atoms with E-state index in [-0.39, 0.29) is 47.7 Å². The lowest BCUT2D eigenvalue weighted by Gasteiger charge is -2.70. The van der Waals surface area contributed by atoms with Gasteiger partial charge >= 0.3 is 6.36 Å². The Morgan fingerprint density at radius 1 is 1.20 bits per heavy atom. The molecule has 0 spiro atoms. The number of nitrogens with zero attached hydrogens (tertiary/aromatic N) is 2. The highest BCUT2D eigenvalue weighted by molar-refractivity contribution is 5.79. The third-order valence-electron chi connectivity index (χ3n) is 7.12. The molecule has 4 aliphatic rings. The highest BCUT2D eigenvalue weighted by atomic mass is 19.4. The maximum atomic E-state index is 13.5. The van der Waals surface area contributed by atoms with Crippen LogP contribution in [0.2, 0.25) is 0 Å². The summed E-state index contributed by atoms with van der Waals surface area (Å²) in [5.74, 6) is -3.66. The van der Waals surface area contributed by atoms with Gasteiger partial charge in [-0.1, -0.05) is 6.07 Å². The Balaban J connectivity index is 1.10. The minimum absolute atomic E-state index is 0.100. The van der Waals surface area contributed by atoms with Crippen LogP contribution in [0.3, 0.4) is 0 Å². The Kier molecular flexibility index (Phi) is 5.41. The third-order valence-corrected chi connectivity index (χ3v) is 7.12. The zero-order valence-corrected chi connectivity index (χ0v) is 18.7. The van der Waals surface area contributed by atoms with E-state index in [4.69, 9.17) is 4.74 Å². The largest absolute Gasteiger partial charge is 0.522 e. The summed E-state index contributed by atoms with van der Waals surface area (Å²) >= 11 is 0. The van der Waals surface area contributed by atoms with Gasteiger partial charge in [-0.15, -0.1) is 13.2 Å². The lowest BCUT2D eigenvalue weighted by Crippen LogP contribution is -2.78. The molecule has 0 aliphatic heterocycles. The van der Waals surface area contributed by atoms with E-state index in [0.717, 1.165) is 13.0 Å². The second kappa shape index (κ2) is 7.89. The van der Waals surface area contributed by atoms with E-state index < -0.39 is 24.5 Å². The molecule has 0 atom stereocenters. The molecule has 7 nitrogen and oxygen atoms in total. The van der Waals surface area contributed by atoms with Crippen molar-refractivity contribution in [3.63, 3.8) is 0 Å². The van der Waals surface area contributed by atoms with E-state index in [0.29, 0.717) is 30.5 Å². The average molecular weight is 501 g/mol. The number of nitrogens with one attached hydrogen (secondary N) is 1. The zero-order valence-electron chi connectivity index (χ0n) is 18.7. The first kappa shape index (κ1) is 24.0. The van der Waals surface area contributed by atoms with Gasteiger partial charge in [0.25, 0.3) is 5.92 Å². The first-order chi connectivity index (χ1) is 16.3. The Hall–Kier alpha value is -2.73. The summed E-state index contributed by atoms with van der Waals surface area (Å²) in [6, 6.07) is 3.71. The van der Waals surface area contributed by atoms with Gasteiger partial charge in [0, 0.05) is 42.6 Å². The van der Waals surface area contributed by atoms with Gasteiger partial charge in [-0.3, -0.25) is 9.53 Å². The first-order valence-electron chi connectivity index (χ1n) is 11.2. The number of phenolic OH excluding ortho intramolecular Hbond substituents is 1. The zero-order chi connectivity index (χ0) is 25.2. The molecule has 2 bridgehead atoms. The van der Waals surface area contributed by atoms with Crippen molar-refractivity contribution < 1.29 is 41.3 Å². The van der Waals surface area contributed by atoms with Gasteiger partial charge in [0.15, 0.2) is 0 Å². The number of ether oxygens (including phenoxy) is 2. The summed E-state index contributed by atoms with van der Waals surface area (Å²) < 4.78 is 74.6. The van der Waals surface area contributed by atoms with Gasteiger partial charge in [-0.25, -0.2) is 13.8 Å². The highest BCUT2D eigenvalue weighted by Crippen LogP contribution is 2.65. The predicted octanol–water partition coefficient (Wildman–Crippen LogP) is 4.20. The van der Waals surface area contributed by atoms with Gasteiger partial charge in [-0.2, -0.15) is 0 Å². The van der Waals surface area contributed by atoms with Crippen LogP contribution in [0.15, 0.2) is 30.7 Å². The second-order valence-electron chi connectivity index (χ2n) is 9.96. The maximum Gasteiger partial charge on any atom is 0.522 e. The molecule has 35 heavy (non-hydrogen) atoms. The molecule has 1 aromatic carbocycles. The Labute approximate surface area is 197 Å². The number of imidazole rings is 1. The number of halogens is 5. The van der Waals surface area contributed by atoms with Gasteiger partial charge in [0.1, 0.15) is 12.4 Å². The van der Waals surface area contributed by atoms with Gasteiger partial charge in [0.05, 0.1) is 29.8 Å². The molecule has 0 saturated heterocycles. The van der Waals surface area contributed by atoms with Crippen LogP contribution in [0.25, 0.3) is 11.3 Å². The van der Waals surface area contributed by atoms with Crippen molar-refractivity contribution in [2.24, 2.45) is 0 Å². The van der Waals surface area contributed by atoms with Crippen LogP contribution in [0.5, 0.6) is 5.75 Å². The molecule has 6 rings (SSSR count). The van der Waals surface area contributed by atoms with E-state index >= 15 is 0 Å². The lowest BCUT2D eigenvalue weighted by atomic mass is 9.44. The van der Waals surface area contributed by atoms with Crippen molar-refractivity contribution in [1.29, 1.82) is 0 Å². The molecular formula is C23H24F5N3O4. The molecule has 0 unspecified atom stereocenters. The Bertz CT molecular complexity index is 1120. The fraction of sp³-hybridized carbons (Fsp3) is 0.565. The summed E-state index contributed by atoms with van der Waals surface area (Å²) in [6.07, 6.45) is -0.394. The van der Waals surface area contributed by atoms with E-state index in [9.17, 15) is 31.9 Å². The van der Waals surface area contributed by atoms with Crippen LogP contribution >= 0.6 is 0 Å². The number of carbonyl (C=O) groups is 1. The molecular weight excluding hydrogens is 477 g/mol. The van der Waals surface area contributed by atoms with Crippen LogP contribution in [-0.4, -0.2) is 51.3 Å². The lowest BCUT2D eigenvalue weighted by molar-refractivity contribution is -0.357. The van der Waals surface area contributed by atoms with Crippen molar-refractivity contribution in [2.75, 3.05) is 6.61 Å². The van der Waals surface area contributed by atoms with Crippen molar-refractivity contribution in [3.05, 3.63) is 36.3 Å². The summed E-state index contributed by atoms with van der Waals surface area (Å²) in [5.41, 5.74) is -0.0313. The smallest absolute Gasteiger partial charge is 0.507 e. The predicted molar refractivity (Wildman–Crippen MR) is 111 cm³/mol. The van der Waals surface area contributed by atoms with Gasteiger partial charge < -0.3 is 19.7 Å². The number of alkyl halides is 5. The van der Waals surface area contributed by atoms with E-state index in [2.05, 4.69) is 15.0 Å². The average Bonchev–Trinajstić information content (AvgIpc) is 3.13. The molecule has 2 N–H and O–H groups in total. The minimum atomic E-state index is -4.67. The number of hydrogen-bond acceptors (Lipinski definition) is 5. The molecule has 1 amide bonds. The van der Waals surface area contributed by atoms with Crippen molar-refractivity contribution in [2.45, 2.75) is 74.6 Å². The third kappa shape index (κ3) is 4.61. The monoisotopic (exact) mass is 501 g/mol. The molecule has 2 aromatic rings. The van der Waals surface area contributed by atoms with Crippen molar-refractivity contribution >= 4 is 5.91 Å². The number of phenols is 1. The minimum Gasteiger partial charge on any atom is -0.507 e. The molecule has 4 aliphatic carbocycles. The van der Waals surface area contributed by atoms with Crippen molar-refractivity contribution in [3.8, 4) is 17.0 Å². The van der Waals surface area contributed by atoms with Gasteiger partial charge in [0.2, 0.25) is 5.91 Å². The van der Waals surface area contributed by atoms with Crippen molar-refractivity contribution in [1.82, 2.24) is 14.9 Å². The standard InChI is InChI=1S/C23H24F5N3O4/c1-20(24,25)13-2-3-16(18(32)4-13)17-7-31(12-29-17)22-9-21(10-22,11-22)30-19(33)8-34-14-5-15(6-14)35-23(26,27)28/h2-4,7,12,14-15,32H,5-6,8-11H2,1H3,(H,30,33). The Morgan fingerprint density at radius 3 is 2.49 bits per heavy atom. The first-order valence-corrected chi connectivity index (χ1v) is 11.2. The number of aromatic hydroxyl groups is 1. The van der Waals surface area contributed by atoms with E-state index in [1.807, 2.05) is 4.57 Å². The van der Waals surface area contributed by atoms with Crippen LogP contribution in [-0.2, 0) is 25.7 Å². The summed E-state index contributed by atoms with van der Waals surface area (Å²) in [7, 11) is 0. The molecule has 1 aromatic heterocycles. The summed E-state index contributed by atoms with van der Waals surface area (Å²) in [4.78, 5) is 16.6. The van der Waals surface area contributed by atoms with Gasteiger partial charge in [-0.05, 0) is 31.4 Å². The molecule has 1 heterocycles. The molecule has 190 valence electrons.